The standard InChI is InChI=1S/C22H23N5O2S/c1-3-29-19-9-7-18(8-10-19)27-21(17-5-4-6-20(15-17)28-2)24-25-22(27)30-14-13-26-12-11-23-16-26/h4-12,15-16H,3,13-14H2,1-2H3. The van der Waals surface area contributed by atoms with E-state index >= 15 is 0 Å². The molecule has 4 aromatic rings. The number of aryl methyl sites for hydroxylation is 1. The number of nitrogens with zero attached hydrogens (tertiary/aromatic N) is 5. The van der Waals surface area contributed by atoms with Crippen molar-refractivity contribution in [2.45, 2.75) is 18.6 Å². The molecule has 0 unspecified atom stereocenters. The highest BCUT2D eigenvalue weighted by molar-refractivity contribution is 7.99. The third-order valence-corrected chi connectivity index (χ3v) is 5.42. The van der Waals surface area contributed by atoms with Crippen LogP contribution in [0.1, 0.15) is 6.92 Å². The Morgan fingerprint density at radius 3 is 2.63 bits per heavy atom. The molecule has 0 saturated heterocycles. The van der Waals surface area contributed by atoms with Gasteiger partial charge in [0.05, 0.1) is 20.0 Å². The minimum Gasteiger partial charge on any atom is -0.497 e. The van der Waals surface area contributed by atoms with Crippen molar-refractivity contribution in [3.63, 3.8) is 0 Å². The van der Waals surface area contributed by atoms with E-state index in [1.807, 2.05) is 72.5 Å². The number of aromatic nitrogens is 5. The first-order chi connectivity index (χ1) is 14.8. The van der Waals surface area contributed by atoms with Gasteiger partial charge in [-0.05, 0) is 43.3 Å². The smallest absolute Gasteiger partial charge is 0.196 e. The molecule has 30 heavy (non-hydrogen) atoms. The summed E-state index contributed by atoms with van der Waals surface area (Å²) in [6.45, 7) is 3.45. The summed E-state index contributed by atoms with van der Waals surface area (Å²) < 4.78 is 15.1. The average molecular weight is 422 g/mol. The van der Waals surface area contributed by atoms with Crippen LogP contribution in [0, 0.1) is 0 Å². The molecule has 4 rings (SSSR count). The second-order valence-corrected chi connectivity index (χ2v) is 7.51. The molecule has 2 aromatic heterocycles. The summed E-state index contributed by atoms with van der Waals surface area (Å²) >= 11 is 1.66. The van der Waals surface area contributed by atoms with Crippen LogP contribution in [0.4, 0.5) is 0 Å². The lowest BCUT2D eigenvalue weighted by atomic mass is 10.2. The van der Waals surface area contributed by atoms with Gasteiger partial charge in [-0.1, -0.05) is 23.9 Å². The largest absolute Gasteiger partial charge is 0.497 e. The van der Waals surface area contributed by atoms with Gasteiger partial charge in [0, 0.05) is 35.9 Å². The highest BCUT2D eigenvalue weighted by Gasteiger charge is 2.17. The van der Waals surface area contributed by atoms with Crippen LogP contribution in [0.2, 0.25) is 0 Å². The third kappa shape index (κ3) is 4.49. The van der Waals surface area contributed by atoms with E-state index in [0.717, 1.165) is 46.0 Å². The minimum absolute atomic E-state index is 0.635. The molecule has 2 heterocycles. The molecule has 0 amide bonds. The number of rotatable bonds is 9. The van der Waals surface area contributed by atoms with Gasteiger partial charge in [0.25, 0.3) is 0 Å². The van der Waals surface area contributed by atoms with Crippen molar-refractivity contribution in [3.05, 3.63) is 67.3 Å². The van der Waals surface area contributed by atoms with Crippen molar-refractivity contribution in [2.24, 2.45) is 0 Å². The maximum Gasteiger partial charge on any atom is 0.196 e. The summed E-state index contributed by atoms with van der Waals surface area (Å²) in [5.41, 5.74) is 1.92. The Bertz CT molecular complexity index is 1080. The van der Waals surface area contributed by atoms with Crippen LogP contribution in [-0.4, -0.2) is 43.8 Å². The third-order valence-electron chi connectivity index (χ3n) is 4.51. The first-order valence-electron chi connectivity index (χ1n) is 9.70. The molecule has 0 aliphatic rings. The van der Waals surface area contributed by atoms with Gasteiger partial charge in [-0.15, -0.1) is 10.2 Å². The second-order valence-electron chi connectivity index (χ2n) is 6.45. The Morgan fingerprint density at radius 2 is 1.90 bits per heavy atom. The number of methoxy groups -OCH3 is 1. The molecule has 0 atom stereocenters. The quantitative estimate of drug-likeness (QED) is 0.375. The van der Waals surface area contributed by atoms with Crippen molar-refractivity contribution in [1.29, 1.82) is 0 Å². The monoisotopic (exact) mass is 421 g/mol. The summed E-state index contributed by atoms with van der Waals surface area (Å²) in [6.07, 6.45) is 5.56. The van der Waals surface area contributed by atoms with Gasteiger partial charge < -0.3 is 14.0 Å². The zero-order valence-corrected chi connectivity index (χ0v) is 17.7. The van der Waals surface area contributed by atoms with E-state index in [4.69, 9.17) is 9.47 Å². The van der Waals surface area contributed by atoms with Crippen LogP contribution in [0.25, 0.3) is 17.1 Å². The predicted octanol–water partition coefficient (Wildman–Crippen LogP) is 4.33. The molecule has 0 fully saturated rings. The Hall–Kier alpha value is -3.26. The van der Waals surface area contributed by atoms with E-state index in [0.29, 0.717) is 6.61 Å². The van der Waals surface area contributed by atoms with Crippen LogP contribution in [-0.2, 0) is 6.54 Å². The number of hydrogen-bond donors (Lipinski definition) is 0. The van der Waals surface area contributed by atoms with Gasteiger partial charge in [-0.25, -0.2) is 4.98 Å². The Balaban J connectivity index is 1.67. The Kier molecular flexibility index (Phi) is 6.34. The van der Waals surface area contributed by atoms with Crippen molar-refractivity contribution in [3.8, 4) is 28.6 Å². The van der Waals surface area contributed by atoms with E-state index in [9.17, 15) is 0 Å². The van der Waals surface area contributed by atoms with Crippen molar-refractivity contribution in [1.82, 2.24) is 24.3 Å². The SMILES string of the molecule is CCOc1ccc(-n2c(SCCn3ccnc3)nnc2-c2cccc(OC)c2)cc1. The minimum atomic E-state index is 0.635. The molecule has 0 aliphatic carbocycles. The predicted molar refractivity (Wildman–Crippen MR) is 117 cm³/mol. The summed E-state index contributed by atoms with van der Waals surface area (Å²) in [5.74, 6) is 3.24. The molecule has 0 spiro atoms. The first kappa shape index (κ1) is 20.0. The summed E-state index contributed by atoms with van der Waals surface area (Å²) in [4.78, 5) is 4.09. The van der Waals surface area contributed by atoms with Crippen molar-refractivity contribution in [2.75, 3.05) is 19.5 Å². The number of ether oxygens (including phenoxy) is 2. The maximum atomic E-state index is 5.59. The molecule has 0 N–H and O–H groups in total. The molecular weight excluding hydrogens is 398 g/mol. The van der Waals surface area contributed by atoms with E-state index in [1.165, 1.54) is 0 Å². The fraction of sp³-hybridized carbons (Fsp3) is 0.227. The fourth-order valence-corrected chi connectivity index (χ4v) is 3.97. The van der Waals surface area contributed by atoms with Crippen LogP contribution in [0.3, 0.4) is 0 Å². The van der Waals surface area contributed by atoms with Gasteiger partial charge in [0.2, 0.25) is 0 Å². The van der Waals surface area contributed by atoms with E-state index < -0.39 is 0 Å². The highest BCUT2D eigenvalue weighted by atomic mass is 32.2. The molecule has 0 aliphatic heterocycles. The van der Waals surface area contributed by atoms with Gasteiger partial charge in [0.1, 0.15) is 11.5 Å². The zero-order chi connectivity index (χ0) is 20.8. The Morgan fingerprint density at radius 1 is 1.03 bits per heavy atom. The van der Waals surface area contributed by atoms with Gasteiger partial charge >= 0.3 is 0 Å². The molecule has 0 saturated carbocycles. The zero-order valence-electron chi connectivity index (χ0n) is 16.9. The van der Waals surface area contributed by atoms with Gasteiger partial charge in [0.15, 0.2) is 11.0 Å². The molecule has 7 nitrogen and oxygen atoms in total. The lowest BCUT2D eigenvalue weighted by Crippen LogP contribution is -2.02. The normalized spacial score (nSPS) is 10.9. The maximum absolute atomic E-state index is 5.59. The topological polar surface area (TPSA) is 67.0 Å². The number of thioether (sulfide) groups is 1. The van der Waals surface area contributed by atoms with Crippen LogP contribution < -0.4 is 9.47 Å². The van der Waals surface area contributed by atoms with E-state index in [-0.39, 0.29) is 0 Å². The van der Waals surface area contributed by atoms with Crippen LogP contribution in [0.5, 0.6) is 11.5 Å². The highest BCUT2D eigenvalue weighted by Crippen LogP contribution is 2.30. The van der Waals surface area contributed by atoms with E-state index in [2.05, 4.69) is 19.7 Å². The van der Waals surface area contributed by atoms with Crippen molar-refractivity contribution < 1.29 is 9.47 Å². The molecular formula is C22H23N5O2S. The molecule has 2 aromatic carbocycles. The van der Waals surface area contributed by atoms with Crippen LogP contribution in [0.15, 0.2) is 72.4 Å². The van der Waals surface area contributed by atoms with Crippen LogP contribution >= 0.6 is 11.8 Å². The Labute approximate surface area is 179 Å². The average Bonchev–Trinajstić information content (AvgIpc) is 3.45. The van der Waals surface area contributed by atoms with Gasteiger partial charge in [-0.2, -0.15) is 0 Å². The van der Waals surface area contributed by atoms with Crippen molar-refractivity contribution >= 4 is 11.8 Å². The summed E-state index contributed by atoms with van der Waals surface area (Å²) in [7, 11) is 1.66. The molecule has 0 radical (unpaired) electrons. The fourth-order valence-electron chi connectivity index (χ4n) is 3.06. The van der Waals surface area contributed by atoms with Gasteiger partial charge in [-0.3, -0.25) is 4.57 Å². The number of imidazole rings is 1. The summed E-state index contributed by atoms with van der Waals surface area (Å²) in [6, 6.07) is 15.8. The molecule has 8 heteroatoms. The molecule has 154 valence electrons. The van der Waals surface area contributed by atoms with E-state index in [1.54, 1.807) is 25.1 Å². The lowest BCUT2D eigenvalue weighted by molar-refractivity contribution is 0.340. The number of hydrogen-bond acceptors (Lipinski definition) is 6. The number of benzene rings is 2. The molecule has 0 bridgehead atoms. The second kappa shape index (κ2) is 9.49. The first-order valence-corrected chi connectivity index (χ1v) is 10.7. The summed E-state index contributed by atoms with van der Waals surface area (Å²) in [5, 5.41) is 9.81. The lowest BCUT2D eigenvalue weighted by Gasteiger charge is -2.12.